The van der Waals surface area contributed by atoms with Crippen molar-refractivity contribution in [1.29, 1.82) is 5.26 Å². The van der Waals surface area contributed by atoms with Crippen LogP contribution in [-0.4, -0.2) is 22.8 Å². The number of methoxy groups -OCH3 is 1. The Labute approximate surface area is 179 Å². The first-order valence-corrected chi connectivity index (χ1v) is 9.52. The maximum absolute atomic E-state index is 12.5. The molecule has 0 radical (unpaired) electrons. The fourth-order valence-corrected chi connectivity index (χ4v) is 3.55. The van der Waals surface area contributed by atoms with Crippen LogP contribution in [0, 0.1) is 11.3 Å². The maximum atomic E-state index is 12.5. The summed E-state index contributed by atoms with van der Waals surface area (Å²) in [5.41, 5.74) is 9.66. The molecule has 4 aromatic rings. The van der Waals surface area contributed by atoms with Gasteiger partial charge in [-0.05, 0) is 23.3 Å². The number of nitrogens with zero attached hydrogens (tertiary/aromatic N) is 2. The number of phenols is 1. The highest BCUT2D eigenvalue weighted by Gasteiger charge is 2.23. The minimum atomic E-state index is -0.658. The second kappa shape index (κ2) is 8.09. The van der Waals surface area contributed by atoms with Crippen LogP contribution in [0.4, 0.5) is 5.69 Å². The third kappa shape index (κ3) is 3.49. The molecule has 6 heteroatoms. The summed E-state index contributed by atoms with van der Waals surface area (Å²) in [7, 11) is 1.26. The summed E-state index contributed by atoms with van der Waals surface area (Å²) < 4.78 is 6.42. The van der Waals surface area contributed by atoms with E-state index in [4.69, 9.17) is 10.5 Å². The van der Waals surface area contributed by atoms with Gasteiger partial charge in [0, 0.05) is 23.0 Å². The topological polar surface area (TPSA) is 101 Å². The van der Waals surface area contributed by atoms with E-state index in [-0.39, 0.29) is 22.7 Å². The molecule has 6 nitrogen and oxygen atoms in total. The second-order valence-electron chi connectivity index (χ2n) is 6.90. The Morgan fingerprint density at radius 3 is 1.97 bits per heavy atom. The lowest BCUT2D eigenvalue weighted by molar-refractivity contribution is 0.0593. The Bertz CT molecular complexity index is 1240. The lowest BCUT2D eigenvalue weighted by Crippen LogP contribution is -2.11. The normalized spacial score (nSPS) is 10.5. The minimum Gasteiger partial charge on any atom is -0.507 e. The summed E-state index contributed by atoms with van der Waals surface area (Å²) in [6.07, 6.45) is 1.50. The number of aromatic nitrogens is 1. The van der Waals surface area contributed by atoms with Gasteiger partial charge in [0.25, 0.3) is 0 Å². The van der Waals surface area contributed by atoms with Gasteiger partial charge in [0.05, 0.1) is 18.4 Å². The molecule has 0 spiro atoms. The van der Waals surface area contributed by atoms with Crippen LogP contribution in [0.1, 0.15) is 16.1 Å². The van der Waals surface area contributed by atoms with Gasteiger partial charge >= 0.3 is 5.97 Å². The van der Waals surface area contributed by atoms with Crippen LogP contribution in [0.3, 0.4) is 0 Å². The highest BCUT2D eigenvalue weighted by Crippen LogP contribution is 2.41. The third-order valence-corrected chi connectivity index (χ3v) is 5.09. The number of rotatable bonds is 4. The molecule has 152 valence electrons. The van der Waals surface area contributed by atoms with Crippen molar-refractivity contribution in [2.75, 3.05) is 12.8 Å². The summed E-state index contributed by atoms with van der Waals surface area (Å²) in [6, 6.07) is 24.4. The summed E-state index contributed by atoms with van der Waals surface area (Å²) in [4.78, 5) is 12.5. The summed E-state index contributed by atoms with van der Waals surface area (Å²) in [6.45, 7) is 0. The lowest BCUT2D eigenvalue weighted by Gasteiger charge is -2.16. The van der Waals surface area contributed by atoms with Crippen molar-refractivity contribution >= 4 is 11.7 Å². The molecule has 0 fully saturated rings. The molecule has 0 aliphatic rings. The molecule has 0 bridgehead atoms. The summed E-state index contributed by atoms with van der Waals surface area (Å²) in [5, 5.41) is 20.6. The average Bonchev–Trinajstić information content (AvgIpc) is 3.16. The maximum Gasteiger partial charge on any atom is 0.357 e. The zero-order chi connectivity index (χ0) is 22.0. The van der Waals surface area contributed by atoms with Crippen molar-refractivity contribution in [3.63, 3.8) is 0 Å². The van der Waals surface area contributed by atoms with Gasteiger partial charge in [0.2, 0.25) is 0 Å². The first-order chi connectivity index (χ1) is 15.0. The molecule has 0 aliphatic carbocycles. The van der Waals surface area contributed by atoms with E-state index >= 15 is 0 Å². The molecule has 3 N–H and O–H groups in total. The molecule has 0 amide bonds. The summed E-state index contributed by atoms with van der Waals surface area (Å²) >= 11 is 0. The molecule has 0 saturated heterocycles. The lowest BCUT2D eigenvalue weighted by atomic mass is 9.96. The number of carbonyl (C=O) groups is 1. The van der Waals surface area contributed by atoms with Crippen molar-refractivity contribution in [2.24, 2.45) is 0 Å². The monoisotopic (exact) mass is 409 g/mol. The van der Waals surface area contributed by atoms with Gasteiger partial charge in [-0.25, -0.2) is 4.79 Å². The van der Waals surface area contributed by atoms with E-state index in [0.29, 0.717) is 16.8 Å². The SMILES string of the molecule is COC(=O)c1c(N)c(C#N)cn1-c1cc(-c2ccccc2)c(O)c(-c2ccccc2)c1. The first kappa shape index (κ1) is 19.8. The Kier molecular flexibility index (Phi) is 5.17. The molecule has 31 heavy (non-hydrogen) atoms. The number of phenolic OH excluding ortho intramolecular Hbond substituents is 1. The van der Waals surface area contributed by atoms with Gasteiger partial charge < -0.3 is 20.1 Å². The predicted molar refractivity (Wildman–Crippen MR) is 119 cm³/mol. The molecule has 4 rings (SSSR count). The molecule has 1 aromatic heterocycles. The van der Waals surface area contributed by atoms with Crippen LogP contribution in [-0.2, 0) is 4.74 Å². The number of esters is 1. The first-order valence-electron chi connectivity index (χ1n) is 9.52. The summed E-state index contributed by atoms with van der Waals surface area (Å²) in [5.74, 6) is -0.545. The van der Waals surface area contributed by atoms with Gasteiger partial charge in [-0.2, -0.15) is 5.26 Å². The van der Waals surface area contributed by atoms with Crippen LogP contribution in [0.15, 0.2) is 79.0 Å². The van der Waals surface area contributed by atoms with Crippen molar-refractivity contribution < 1.29 is 14.6 Å². The minimum absolute atomic E-state index is 0.0462. The molecule has 1 heterocycles. The molecule has 0 atom stereocenters. The van der Waals surface area contributed by atoms with E-state index in [1.807, 2.05) is 66.7 Å². The quantitative estimate of drug-likeness (QED) is 0.473. The van der Waals surface area contributed by atoms with Gasteiger partial charge in [-0.3, -0.25) is 0 Å². The highest BCUT2D eigenvalue weighted by molar-refractivity contribution is 5.96. The molecule has 0 saturated carbocycles. The van der Waals surface area contributed by atoms with E-state index in [9.17, 15) is 15.2 Å². The average molecular weight is 409 g/mol. The van der Waals surface area contributed by atoms with Crippen molar-refractivity contribution in [3.05, 3.63) is 90.3 Å². The number of hydrogen-bond donors (Lipinski definition) is 2. The van der Waals surface area contributed by atoms with Crippen LogP contribution in [0.25, 0.3) is 27.9 Å². The van der Waals surface area contributed by atoms with Crippen LogP contribution < -0.4 is 5.73 Å². The van der Waals surface area contributed by atoms with Crippen LogP contribution in [0.5, 0.6) is 5.75 Å². The van der Waals surface area contributed by atoms with E-state index in [1.54, 1.807) is 12.1 Å². The Morgan fingerprint density at radius 2 is 1.52 bits per heavy atom. The molecule has 0 unspecified atom stereocenters. The Morgan fingerprint density at radius 1 is 1.00 bits per heavy atom. The molecular formula is C25H19N3O3. The standard InChI is InChI=1S/C25H19N3O3/c1-31-25(30)23-22(27)18(14-26)15-28(23)19-12-20(16-8-4-2-5-9-16)24(29)21(13-19)17-10-6-3-7-11-17/h2-13,15,29H,27H2,1H3. The van der Waals surface area contributed by atoms with Crippen LogP contribution in [0.2, 0.25) is 0 Å². The molecular weight excluding hydrogens is 390 g/mol. The van der Waals surface area contributed by atoms with E-state index in [2.05, 4.69) is 0 Å². The van der Waals surface area contributed by atoms with Crippen molar-refractivity contribution in [2.45, 2.75) is 0 Å². The number of aromatic hydroxyl groups is 1. The number of nitrogen functional groups attached to an aromatic ring is 1. The van der Waals surface area contributed by atoms with Gasteiger partial charge in [0.1, 0.15) is 11.8 Å². The smallest absolute Gasteiger partial charge is 0.357 e. The molecule has 3 aromatic carbocycles. The Hall–Kier alpha value is -4.50. The number of nitriles is 1. The number of nitrogens with two attached hydrogens (primary N) is 1. The predicted octanol–water partition coefficient (Wildman–Crippen LogP) is 4.76. The highest BCUT2D eigenvalue weighted by atomic mass is 16.5. The number of benzene rings is 3. The van der Waals surface area contributed by atoms with Crippen LogP contribution >= 0.6 is 0 Å². The Balaban J connectivity index is 2.05. The molecule has 0 aliphatic heterocycles. The van der Waals surface area contributed by atoms with Gasteiger partial charge in [-0.15, -0.1) is 0 Å². The van der Waals surface area contributed by atoms with E-state index < -0.39 is 5.97 Å². The van der Waals surface area contributed by atoms with E-state index in [1.165, 1.54) is 17.9 Å². The number of hydrogen-bond acceptors (Lipinski definition) is 5. The third-order valence-electron chi connectivity index (χ3n) is 5.09. The number of ether oxygens (including phenoxy) is 1. The fourth-order valence-electron chi connectivity index (χ4n) is 3.55. The van der Waals surface area contributed by atoms with Gasteiger partial charge in [0.15, 0.2) is 5.69 Å². The van der Waals surface area contributed by atoms with Gasteiger partial charge in [-0.1, -0.05) is 60.7 Å². The zero-order valence-corrected chi connectivity index (χ0v) is 16.7. The fraction of sp³-hybridized carbons (Fsp3) is 0.0400. The number of anilines is 1. The largest absolute Gasteiger partial charge is 0.507 e. The van der Waals surface area contributed by atoms with Crippen molar-refractivity contribution in [1.82, 2.24) is 4.57 Å². The second-order valence-corrected chi connectivity index (χ2v) is 6.90. The van der Waals surface area contributed by atoms with E-state index in [0.717, 1.165) is 11.1 Å². The zero-order valence-electron chi connectivity index (χ0n) is 16.7. The van der Waals surface area contributed by atoms with Crippen molar-refractivity contribution in [3.8, 4) is 39.8 Å². The number of carbonyl (C=O) groups excluding carboxylic acids is 1.